The van der Waals surface area contributed by atoms with E-state index in [9.17, 15) is 14.7 Å². The van der Waals surface area contributed by atoms with Crippen LogP contribution in [0.3, 0.4) is 0 Å². The fraction of sp³-hybridized carbons (Fsp3) is 0.353. The van der Waals surface area contributed by atoms with Gasteiger partial charge in [-0.3, -0.25) is 4.79 Å². The van der Waals surface area contributed by atoms with Crippen molar-refractivity contribution in [2.45, 2.75) is 25.8 Å². The molecule has 1 aromatic carbocycles. The summed E-state index contributed by atoms with van der Waals surface area (Å²) in [5.74, 6) is -0.844. The Bertz CT molecular complexity index is 714. The highest BCUT2D eigenvalue weighted by molar-refractivity contribution is 7.16. The van der Waals surface area contributed by atoms with E-state index in [0.717, 1.165) is 17.0 Å². The van der Waals surface area contributed by atoms with E-state index in [4.69, 9.17) is 0 Å². The minimum absolute atomic E-state index is 0.232. The number of benzene rings is 1. The number of likely N-dealkylation sites (tertiary alicyclic amines) is 1. The number of rotatable bonds is 3. The smallest absolute Gasteiger partial charge is 0.326 e. The van der Waals surface area contributed by atoms with Gasteiger partial charge in [0.25, 0.3) is 5.91 Å². The second kappa shape index (κ2) is 6.50. The maximum Gasteiger partial charge on any atom is 0.326 e. The number of carboxylic acids is 1. The summed E-state index contributed by atoms with van der Waals surface area (Å²) in [5.41, 5.74) is 0.957. The average molecular weight is 330 g/mol. The van der Waals surface area contributed by atoms with Crippen molar-refractivity contribution in [2.75, 3.05) is 6.54 Å². The first-order valence-corrected chi connectivity index (χ1v) is 8.43. The van der Waals surface area contributed by atoms with Gasteiger partial charge in [0.2, 0.25) is 0 Å². The normalized spacial score (nSPS) is 21.2. The van der Waals surface area contributed by atoms with Crippen LogP contribution in [0, 0.1) is 5.92 Å². The van der Waals surface area contributed by atoms with Gasteiger partial charge in [0, 0.05) is 12.1 Å². The molecule has 5 nitrogen and oxygen atoms in total. The molecule has 2 heterocycles. The van der Waals surface area contributed by atoms with E-state index in [1.165, 1.54) is 16.2 Å². The van der Waals surface area contributed by atoms with Gasteiger partial charge in [-0.05, 0) is 18.8 Å². The molecule has 1 aliphatic heterocycles. The molecule has 1 aliphatic rings. The molecule has 6 heteroatoms. The number of aromatic nitrogens is 1. The van der Waals surface area contributed by atoms with Crippen LogP contribution in [-0.2, 0) is 4.79 Å². The highest BCUT2D eigenvalue weighted by atomic mass is 32.1. The summed E-state index contributed by atoms with van der Waals surface area (Å²) in [6, 6.07) is 8.91. The molecule has 1 fully saturated rings. The van der Waals surface area contributed by atoms with Gasteiger partial charge in [0.1, 0.15) is 15.9 Å². The first kappa shape index (κ1) is 15.7. The van der Waals surface area contributed by atoms with Gasteiger partial charge in [-0.1, -0.05) is 37.3 Å². The molecule has 3 rings (SSSR count). The molecule has 120 valence electrons. The molecular formula is C17H18N2O3S. The Morgan fingerprint density at radius 3 is 2.74 bits per heavy atom. The van der Waals surface area contributed by atoms with Crippen molar-refractivity contribution in [2.24, 2.45) is 5.92 Å². The Morgan fingerprint density at radius 2 is 2.04 bits per heavy atom. The zero-order chi connectivity index (χ0) is 16.4. The number of carbonyl (C=O) groups excluding carboxylic acids is 1. The Labute approximate surface area is 138 Å². The number of piperidine rings is 1. The van der Waals surface area contributed by atoms with Crippen molar-refractivity contribution in [3.63, 3.8) is 0 Å². The third kappa shape index (κ3) is 3.27. The maximum absolute atomic E-state index is 12.7. The van der Waals surface area contributed by atoms with E-state index in [-0.39, 0.29) is 5.91 Å². The van der Waals surface area contributed by atoms with E-state index in [2.05, 4.69) is 4.98 Å². The van der Waals surface area contributed by atoms with Crippen molar-refractivity contribution in [1.29, 1.82) is 0 Å². The second-order valence-electron chi connectivity index (χ2n) is 5.88. The highest BCUT2D eigenvalue weighted by Gasteiger charge is 2.35. The fourth-order valence-electron chi connectivity index (χ4n) is 2.85. The van der Waals surface area contributed by atoms with Gasteiger partial charge in [-0.15, -0.1) is 11.3 Å². The lowest BCUT2D eigenvalue weighted by molar-refractivity contribution is -0.144. The Balaban J connectivity index is 1.83. The second-order valence-corrected chi connectivity index (χ2v) is 6.91. The number of nitrogens with zero attached hydrogens (tertiary/aromatic N) is 2. The van der Waals surface area contributed by atoms with E-state index in [1.54, 1.807) is 6.20 Å². The van der Waals surface area contributed by atoms with Crippen molar-refractivity contribution in [3.05, 3.63) is 41.4 Å². The topological polar surface area (TPSA) is 70.5 Å². The first-order chi connectivity index (χ1) is 11.1. The van der Waals surface area contributed by atoms with Crippen molar-refractivity contribution < 1.29 is 14.7 Å². The number of aliphatic carboxylic acids is 1. The molecule has 23 heavy (non-hydrogen) atoms. The standard InChI is InChI=1S/C17H18N2O3S/c1-11-7-8-19(13(9-11)17(21)22)16(20)14-10-18-15(23-14)12-5-3-2-4-6-12/h2-6,10-11,13H,7-9H2,1H3,(H,21,22). The molecule has 2 aromatic rings. The van der Waals surface area contributed by atoms with Crippen LogP contribution in [0.2, 0.25) is 0 Å². The number of carboxylic acid groups (broad SMARTS) is 1. The third-order valence-electron chi connectivity index (χ3n) is 4.15. The number of carbonyl (C=O) groups is 2. The molecule has 1 aromatic heterocycles. The summed E-state index contributed by atoms with van der Waals surface area (Å²) >= 11 is 1.31. The molecule has 0 radical (unpaired) electrons. The summed E-state index contributed by atoms with van der Waals surface area (Å²) in [5, 5.41) is 10.2. The van der Waals surface area contributed by atoms with Crippen LogP contribution in [0.15, 0.2) is 36.5 Å². The Kier molecular flexibility index (Phi) is 4.43. The summed E-state index contributed by atoms with van der Waals surface area (Å²) < 4.78 is 0. The lowest BCUT2D eigenvalue weighted by atomic mass is 9.92. The highest BCUT2D eigenvalue weighted by Crippen LogP contribution is 2.29. The van der Waals surface area contributed by atoms with Gasteiger partial charge in [0.15, 0.2) is 0 Å². The first-order valence-electron chi connectivity index (χ1n) is 7.61. The molecule has 0 spiro atoms. The molecule has 1 saturated heterocycles. The zero-order valence-electron chi connectivity index (χ0n) is 12.8. The molecule has 2 unspecified atom stereocenters. The van der Waals surface area contributed by atoms with Crippen LogP contribution < -0.4 is 0 Å². The largest absolute Gasteiger partial charge is 0.480 e. The van der Waals surface area contributed by atoms with Gasteiger partial charge >= 0.3 is 5.97 Å². The van der Waals surface area contributed by atoms with Gasteiger partial charge < -0.3 is 10.0 Å². The molecule has 1 amide bonds. The molecule has 2 atom stereocenters. The van der Waals surface area contributed by atoms with Gasteiger partial charge in [0.05, 0.1) is 6.20 Å². The van der Waals surface area contributed by atoms with E-state index < -0.39 is 12.0 Å². The van der Waals surface area contributed by atoms with E-state index in [0.29, 0.717) is 23.8 Å². The van der Waals surface area contributed by atoms with Crippen LogP contribution in [0.5, 0.6) is 0 Å². The number of hydrogen-bond donors (Lipinski definition) is 1. The zero-order valence-corrected chi connectivity index (χ0v) is 13.6. The van der Waals surface area contributed by atoms with E-state index in [1.807, 2.05) is 37.3 Å². The summed E-state index contributed by atoms with van der Waals surface area (Å²) in [6.07, 6.45) is 2.89. The summed E-state index contributed by atoms with van der Waals surface area (Å²) in [6.45, 7) is 2.51. The number of thiazole rings is 1. The molecule has 0 saturated carbocycles. The van der Waals surface area contributed by atoms with Crippen molar-refractivity contribution in [3.8, 4) is 10.6 Å². The third-order valence-corrected chi connectivity index (χ3v) is 5.18. The quantitative estimate of drug-likeness (QED) is 0.938. The van der Waals surface area contributed by atoms with Gasteiger partial charge in [-0.25, -0.2) is 9.78 Å². The maximum atomic E-state index is 12.7. The molecule has 1 N–H and O–H groups in total. The van der Waals surface area contributed by atoms with Crippen molar-refractivity contribution >= 4 is 23.2 Å². The average Bonchev–Trinajstić information content (AvgIpc) is 3.05. The molecule has 0 aliphatic carbocycles. The molecule has 0 bridgehead atoms. The Hall–Kier alpha value is -2.21. The lowest BCUT2D eigenvalue weighted by Crippen LogP contribution is -2.49. The van der Waals surface area contributed by atoms with Crippen LogP contribution >= 0.6 is 11.3 Å². The monoisotopic (exact) mass is 330 g/mol. The van der Waals surface area contributed by atoms with Crippen LogP contribution in [0.4, 0.5) is 0 Å². The minimum Gasteiger partial charge on any atom is -0.480 e. The van der Waals surface area contributed by atoms with Gasteiger partial charge in [-0.2, -0.15) is 0 Å². The van der Waals surface area contributed by atoms with E-state index >= 15 is 0 Å². The SMILES string of the molecule is CC1CCN(C(=O)c2cnc(-c3ccccc3)s2)C(C(=O)O)C1. The molecular weight excluding hydrogens is 312 g/mol. The van der Waals surface area contributed by atoms with Crippen LogP contribution in [0.25, 0.3) is 10.6 Å². The summed E-state index contributed by atoms with van der Waals surface area (Å²) in [4.78, 5) is 30.4. The van der Waals surface area contributed by atoms with Crippen molar-refractivity contribution in [1.82, 2.24) is 9.88 Å². The van der Waals surface area contributed by atoms with Crippen LogP contribution in [-0.4, -0.2) is 39.5 Å². The lowest BCUT2D eigenvalue weighted by Gasteiger charge is -2.35. The predicted molar refractivity (Wildman–Crippen MR) is 88.4 cm³/mol. The predicted octanol–water partition coefficient (Wildman–Crippen LogP) is 3.14. The van der Waals surface area contributed by atoms with Crippen LogP contribution in [0.1, 0.15) is 29.4 Å². The minimum atomic E-state index is -0.933. The summed E-state index contributed by atoms with van der Waals surface area (Å²) in [7, 11) is 0. The number of hydrogen-bond acceptors (Lipinski definition) is 4. The fourth-order valence-corrected chi connectivity index (χ4v) is 3.73. The Morgan fingerprint density at radius 1 is 1.30 bits per heavy atom. The number of amides is 1.